The molecule has 0 spiro atoms. The molecule has 3 heteroatoms. The molecule has 1 saturated carbocycles. The van der Waals surface area contributed by atoms with E-state index >= 15 is 0 Å². The predicted octanol–water partition coefficient (Wildman–Crippen LogP) is 2.84. The Morgan fingerprint density at radius 3 is 2.40 bits per heavy atom. The third kappa shape index (κ3) is 2.94. The first-order valence-electron chi connectivity index (χ1n) is 5.99. The van der Waals surface area contributed by atoms with Gasteiger partial charge in [0.15, 0.2) is 0 Å². The SMILES string of the molecule is CCCOC1CCC(CC)(C(=O)O)CC1. The largest absolute Gasteiger partial charge is 0.481 e. The van der Waals surface area contributed by atoms with E-state index in [0.29, 0.717) is 6.10 Å². The van der Waals surface area contributed by atoms with Gasteiger partial charge in [0, 0.05) is 6.61 Å². The molecule has 0 aromatic rings. The second-order valence-electron chi connectivity index (χ2n) is 4.51. The molecular formula is C12H22O3. The number of carbonyl (C=O) groups is 1. The van der Waals surface area contributed by atoms with E-state index in [0.717, 1.165) is 45.1 Å². The highest BCUT2D eigenvalue weighted by molar-refractivity contribution is 5.74. The van der Waals surface area contributed by atoms with Gasteiger partial charge in [0.2, 0.25) is 0 Å². The molecule has 0 heterocycles. The molecule has 0 atom stereocenters. The summed E-state index contributed by atoms with van der Waals surface area (Å²) in [5.41, 5.74) is -0.466. The molecule has 1 rings (SSSR count). The molecule has 0 radical (unpaired) electrons. The maximum atomic E-state index is 11.2. The quantitative estimate of drug-likeness (QED) is 0.765. The van der Waals surface area contributed by atoms with Gasteiger partial charge in [0.1, 0.15) is 0 Å². The van der Waals surface area contributed by atoms with Gasteiger partial charge in [-0.1, -0.05) is 13.8 Å². The van der Waals surface area contributed by atoms with Crippen molar-refractivity contribution in [3.05, 3.63) is 0 Å². The van der Waals surface area contributed by atoms with Gasteiger partial charge in [-0.15, -0.1) is 0 Å². The van der Waals surface area contributed by atoms with E-state index in [1.54, 1.807) is 0 Å². The Morgan fingerprint density at radius 1 is 1.40 bits per heavy atom. The molecule has 1 aliphatic carbocycles. The number of rotatable bonds is 5. The van der Waals surface area contributed by atoms with E-state index < -0.39 is 11.4 Å². The number of carboxylic acid groups (broad SMARTS) is 1. The number of hydrogen-bond acceptors (Lipinski definition) is 2. The first-order chi connectivity index (χ1) is 7.14. The van der Waals surface area contributed by atoms with Crippen LogP contribution in [0.4, 0.5) is 0 Å². The van der Waals surface area contributed by atoms with Gasteiger partial charge < -0.3 is 9.84 Å². The van der Waals surface area contributed by atoms with Crippen LogP contribution in [-0.2, 0) is 9.53 Å². The molecule has 15 heavy (non-hydrogen) atoms. The van der Waals surface area contributed by atoms with E-state index in [-0.39, 0.29) is 0 Å². The van der Waals surface area contributed by atoms with E-state index in [1.165, 1.54) is 0 Å². The Balaban J connectivity index is 2.42. The van der Waals surface area contributed by atoms with Crippen molar-refractivity contribution < 1.29 is 14.6 Å². The van der Waals surface area contributed by atoms with Crippen LogP contribution in [0.5, 0.6) is 0 Å². The second-order valence-corrected chi connectivity index (χ2v) is 4.51. The molecule has 0 amide bonds. The Kier molecular flexibility index (Phi) is 4.58. The Hall–Kier alpha value is -0.570. The predicted molar refractivity (Wildman–Crippen MR) is 58.9 cm³/mol. The number of hydrogen-bond donors (Lipinski definition) is 1. The van der Waals surface area contributed by atoms with Gasteiger partial charge in [-0.25, -0.2) is 0 Å². The molecule has 0 aliphatic heterocycles. The van der Waals surface area contributed by atoms with Crippen molar-refractivity contribution in [2.75, 3.05) is 6.61 Å². The Labute approximate surface area is 91.8 Å². The summed E-state index contributed by atoms with van der Waals surface area (Å²) in [6.45, 7) is 4.87. The first-order valence-corrected chi connectivity index (χ1v) is 5.99. The molecule has 0 bridgehead atoms. The average molecular weight is 214 g/mol. The molecule has 0 aromatic carbocycles. The summed E-state index contributed by atoms with van der Waals surface area (Å²) in [5.74, 6) is -0.626. The van der Waals surface area contributed by atoms with Crippen LogP contribution in [0, 0.1) is 5.41 Å². The zero-order valence-corrected chi connectivity index (χ0v) is 9.79. The van der Waals surface area contributed by atoms with Crippen LogP contribution in [0.3, 0.4) is 0 Å². The van der Waals surface area contributed by atoms with Crippen LogP contribution < -0.4 is 0 Å². The number of aliphatic carboxylic acids is 1. The van der Waals surface area contributed by atoms with Crippen LogP contribution in [0.15, 0.2) is 0 Å². The molecule has 1 fully saturated rings. The summed E-state index contributed by atoms with van der Waals surface area (Å²) in [6.07, 6.45) is 5.42. The van der Waals surface area contributed by atoms with Crippen molar-refractivity contribution in [1.29, 1.82) is 0 Å². The van der Waals surface area contributed by atoms with Crippen molar-refractivity contribution in [2.45, 2.75) is 58.5 Å². The molecule has 0 saturated heterocycles. The fourth-order valence-corrected chi connectivity index (χ4v) is 2.31. The van der Waals surface area contributed by atoms with Gasteiger partial charge in [-0.2, -0.15) is 0 Å². The van der Waals surface area contributed by atoms with E-state index in [9.17, 15) is 9.90 Å². The zero-order chi connectivity index (χ0) is 11.3. The molecule has 88 valence electrons. The maximum absolute atomic E-state index is 11.2. The molecule has 1 N–H and O–H groups in total. The fourth-order valence-electron chi connectivity index (χ4n) is 2.31. The van der Waals surface area contributed by atoms with E-state index in [4.69, 9.17) is 4.74 Å². The van der Waals surface area contributed by atoms with Crippen molar-refractivity contribution in [3.8, 4) is 0 Å². The van der Waals surface area contributed by atoms with Crippen LogP contribution in [0.25, 0.3) is 0 Å². The minimum Gasteiger partial charge on any atom is -0.481 e. The lowest BCUT2D eigenvalue weighted by Crippen LogP contribution is -2.37. The lowest BCUT2D eigenvalue weighted by molar-refractivity contribution is -0.153. The number of ether oxygens (including phenoxy) is 1. The Bertz CT molecular complexity index is 205. The summed E-state index contributed by atoms with van der Waals surface area (Å²) < 4.78 is 5.66. The lowest BCUT2D eigenvalue weighted by atomic mass is 9.71. The normalized spacial score (nSPS) is 31.5. The van der Waals surface area contributed by atoms with Gasteiger partial charge in [-0.05, 0) is 38.5 Å². The smallest absolute Gasteiger partial charge is 0.309 e. The summed E-state index contributed by atoms with van der Waals surface area (Å²) >= 11 is 0. The summed E-state index contributed by atoms with van der Waals surface area (Å²) in [5, 5.41) is 9.21. The molecule has 1 aliphatic rings. The van der Waals surface area contributed by atoms with Crippen molar-refractivity contribution in [3.63, 3.8) is 0 Å². The van der Waals surface area contributed by atoms with Crippen LogP contribution in [0.2, 0.25) is 0 Å². The summed E-state index contributed by atoms with van der Waals surface area (Å²) in [6, 6.07) is 0. The second kappa shape index (κ2) is 5.50. The van der Waals surface area contributed by atoms with E-state index in [2.05, 4.69) is 6.92 Å². The maximum Gasteiger partial charge on any atom is 0.309 e. The van der Waals surface area contributed by atoms with Gasteiger partial charge in [-0.3, -0.25) is 4.79 Å². The average Bonchev–Trinajstić information content (AvgIpc) is 2.27. The van der Waals surface area contributed by atoms with Gasteiger partial charge >= 0.3 is 5.97 Å². The summed E-state index contributed by atoms with van der Waals surface area (Å²) in [4.78, 5) is 11.2. The van der Waals surface area contributed by atoms with Gasteiger partial charge in [0.05, 0.1) is 11.5 Å². The van der Waals surface area contributed by atoms with Crippen molar-refractivity contribution >= 4 is 5.97 Å². The highest BCUT2D eigenvalue weighted by Gasteiger charge is 2.40. The molecular weight excluding hydrogens is 192 g/mol. The molecule has 0 aromatic heterocycles. The van der Waals surface area contributed by atoms with Crippen LogP contribution in [-0.4, -0.2) is 23.8 Å². The minimum absolute atomic E-state index is 0.295. The van der Waals surface area contributed by atoms with Gasteiger partial charge in [0.25, 0.3) is 0 Å². The van der Waals surface area contributed by atoms with E-state index in [1.807, 2.05) is 6.92 Å². The lowest BCUT2D eigenvalue weighted by Gasteiger charge is -2.35. The van der Waals surface area contributed by atoms with Crippen LogP contribution >= 0.6 is 0 Å². The zero-order valence-electron chi connectivity index (χ0n) is 9.79. The topological polar surface area (TPSA) is 46.5 Å². The number of carboxylic acids is 1. The van der Waals surface area contributed by atoms with Crippen molar-refractivity contribution in [2.24, 2.45) is 5.41 Å². The Morgan fingerprint density at radius 2 is 2.00 bits per heavy atom. The minimum atomic E-state index is -0.626. The first kappa shape index (κ1) is 12.5. The summed E-state index contributed by atoms with van der Waals surface area (Å²) in [7, 11) is 0. The fraction of sp³-hybridized carbons (Fsp3) is 0.917. The third-order valence-electron chi connectivity index (χ3n) is 3.58. The standard InChI is InChI=1S/C12H22O3/c1-3-9-15-10-5-7-12(4-2,8-6-10)11(13)14/h10H,3-9H2,1-2H3,(H,13,14). The molecule has 0 unspecified atom stereocenters. The molecule has 3 nitrogen and oxygen atoms in total. The van der Waals surface area contributed by atoms with Crippen molar-refractivity contribution in [1.82, 2.24) is 0 Å². The third-order valence-corrected chi connectivity index (χ3v) is 3.58. The highest BCUT2D eigenvalue weighted by Crippen LogP contribution is 2.40. The monoisotopic (exact) mass is 214 g/mol. The van der Waals surface area contributed by atoms with Crippen LogP contribution in [0.1, 0.15) is 52.4 Å². The highest BCUT2D eigenvalue weighted by atomic mass is 16.5.